The van der Waals surface area contributed by atoms with Crippen molar-refractivity contribution in [2.75, 3.05) is 6.61 Å². The normalized spacial score (nSPS) is 13.4. The average Bonchev–Trinajstić information content (AvgIpc) is 3.20. The fourth-order valence-corrected chi connectivity index (χ4v) is 7.65. The number of esters is 1. The number of aliphatic hydroxyl groups is 2. The molecule has 0 aromatic heterocycles. The summed E-state index contributed by atoms with van der Waals surface area (Å²) in [6.45, 7) is 6.44. The Balaban J connectivity index is 4.57. The zero-order valence-corrected chi connectivity index (χ0v) is 38.2. The molecule has 0 aliphatic heterocycles. The predicted octanol–water partition coefficient (Wildman–Crippen LogP) is 14.7. The van der Waals surface area contributed by atoms with Gasteiger partial charge in [0.25, 0.3) is 0 Å². The van der Waals surface area contributed by atoms with E-state index >= 15 is 0 Å². The van der Waals surface area contributed by atoms with Crippen molar-refractivity contribution in [1.82, 2.24) is 5.32 Å². The molecule has 0 saturated carbocycles. The van der Waals surface area contributed by atoms with Gasteiger partial charge in [0.2, 0.25) is 5.91 Å². The lowest BCUT2D eigenvalue weighted by Gasteiger charge is -2.24. The number of aliphatic hydroxyl groups excluding tert-OH is 2. The van der Waals surface area contributed by atoms with E-state index in [9.17, 15) is 19.8 Å². The van der Waals surface area contributed by atoms with Crippen LogP contribution in [0.25, 0.3) is 0 Å². The molecule has 0 aliphatic rings. The average molecular weight is 804 g/mol. The first-order chi connectivity index (χ1) is 28.0. The van der Waals surface area contributed by atoms with Crippen LogP contribution in [-0.2, 0) is 14.3 Å². The maximum absolute atomic E-state index is 13.2. The van der Waals surface area contributed by atoms with Gasteiger partial charge in [-0.05, 0) is 77.0 Å². The smallest absolute Gasteiger partial charge is 0.306 e. The molecule has 6 heteroatoms. The monoisotopic (exact) mass is 804 g/mol. The molecule has 0 fully saturated rings. The van der Waals surface area contributed by atoms with E-state index in [-0.39, 0.29) is 24.9 Å². The highest BCUT2D eigenvalue weighted by atomic mass is 16.5. The van der Waals surface area contributed by atoms with Gasteiger partial charge >= 0.3 is 5.97 Å². The Morgan fingerprint density at radius 2 is 0.842 bits per heavy atom. The van der Waals surface area contributed by atoms with Crippen LogP contribution in [0, 0.1) is 0 Å². The van der Waals surface area contributed by atoms with Crippen LogP contribution in [0.1, 0.15) is 265 Å². The Morgan fingerprint density at radius 1 is 0.491 bits per heavy atom. The van der Waals surface area contributed by atoms with Crippen molar-refractivity contribution in [2.45, 2.75) is 283 Å². The number of allylic oxidation sites excluding steroid dienone is 4. The number of hydrogen-bond acceptors (Lipinski definition) is 5. The molecule has 3 unspecified atom stereocenters. The highest BCUT2D eigenvalue weighted by molar-refractivity contribution is 5.77. The number of nitrogens with one attached hydrogen (secondary N) is 1. The summed E-state index contributed by atoms with van der Waals surface area (Å²) in [5, 5.41) is 23.6. The molecular formula is C51H97NO5. The molecule has 1 amide bonds. The van der Waals surface area contributed by atoms with Gasteiger partial charge in [-0.2, -0.15) is 0 Å². The summed E-state index contributed by atoms with van der Waals surface area (Å²) in [4.78, 5) is 26.1. The quantitative estimate of drug-likeness (QED) is 0.0324. The van der Waals surface area contributed by atoms with Crippen LogP contribution in [0.2, 0.25) is 0 Å². The molecule has 0 bridgehead atoms. The molecule has 0 spiro atoms. The highest BCUT2D eigenvalue weighted by Crippen LogP contribution is 2.18. The lowest BCUT2D eigenvalue weighted by molar-refractivity contribution is -0.151. The van der Waals surface area contributed by atoms with Gasteiger partial charge in [0.1, 0.15) is 6.10 Å². The summed E-state index contributed by atoms with van der Waals surface area (Å²) >= 11 is 0. The maximum atomic E-state index is 13.2. The van der Waals surface area contributed by atoms with Crippen LogP contribution in [-0.4, -0.2) is 46.9 Å². The van der Waals surface area contributed by atoms with E-state index in [1.807, 2.05) is 0 Å². The fraction of sp³-hybridized carbons (Fsp3) is 0.882. The maximum Gasteiger partial charge on any atom is 0.306 e. The van der Waals surface area contributed by atoms with Crippen LogP contribution in [0.5, 0.6) is 0 Å². The molecule has 0 saturated heterocycles. The molecule has 3 atom stereocenters. The molecule has 0 rings (SSSR count). The topological polar surface area (TPSA) is 95.9 Å². The number of hydrogen-bond donors (Lipinski definition) is 3. The molecule has 6 nitrogen and oxygen atoms in total. The van der Waals surface area contributed by atoms with Crippen molar-refractivity contribution in [3.63, 3.8) is 0 Å². The molecule has 0 aliphatic carbocycles. The largest absolute Gasteiger partial charge is 0.462 e. The first kappa shape index (κ1) is 55.3. The number of amides is 1. The second kappa shape index (κ2) is 45.4. The lowest BCUT2D eigenvalue weighted by Crippen LogP contribution is -2.46. The van der Waals surface area contributed by atoms with Gasteiger partial charge in [-0.15, -0.1) is 0 Å². The Labute approximate surface area is 354 Å². The minimum absolute atomic E-state index is 0.0747. The van der Waals surface area contributed by atoms with E-state index in [0.29, 0.717) is 19.3 Å². The first-order valence-corrected chi connectivity index (χ1v) is 25.1. The van der Waals surface area contributed by atoms with Gasteiger partial charge in [-0.1, -0.05) is 199 Å². The summed E-state index contributed by atoms with van der Waals surface area (Å²) in [7, 11) is 0. The van der Waals surface area contributed by atoms with Crippen molar-refractivity contribution in [3.8, 4) is 0 Å². The number of ether oxygens (including phenoxy) is 1. The summed E-state index contributed by atoms with van der Waals surface area (Å²) < 4.78 is 5.92. The van der Waals surface area contributed by atoms with Crippen molar-refractivity contribution in [1.29, 1.82) is 0 Å². The molecule has 0 aromatic rings. The molecule has 0 radical (unpaired) electrons. The van der Waals surface area contributed by atoms with E-state index in [2.05, 4.69) is 50.4 Å². The summed E-state index contributed by atoms with van der Waals surface area (Å²) in [5.41, 5.74) is 0. The molecular weight excluding hydrogens is 707 g/mol. The fourth-order valence-electron chi connectivity index (χ4n) is 7.65. The van der Waals surface area contributed by atoms with E-state index in [0.717, 1.165) is 64.2 Å². The molecule has 0 heterocycles. The Hall–Kier alpha value is -1.66. The SMILES string of the molecule is CCCCC/C=C\CCCCCCCC(=O)OC(CCCCCCCCC/C=C/CCCCCCCC)CC(=O)NC(CO)C(O)CCCCCCCCCCC. The zero-order chi connectivity index (χ0) is 41.7. The third kappa shape index (κ3) is 40.9. The van der Waals surface area contributed by atoms with Crippen molar-refractivity contribution >= 4 is 11.9 Å². The Morgan fingerprint density at radius 3 is 1.28 bits per heavy atom. The molecule has 3 N–H and O–H groups in total. The minimum atomic E-state index is -0.785. The Bertz CT molecular complexity index is 904. The molecule has 57 heavy (non-hydrogen) atoms. The summed E-state index contributed by atoms with van der Waals surface area (Å²) in [6, 6.07) is -0.699. The van der Waals surface area contributed by atoms with Crippen LogP contribution >= 0.6 is 0 Å². The third-order valence-electron chi connectivity index (χ3n) is 11.5. The van der Waals surface area contributed by atoms with Crippen LogP contribution in [0.3, 0.4) is 0 Å². The van der Waals surface area contributed by atoms with Crippen molar-refractivity contribution < 1.29 is 24.5 Å². The Kier molecular flexibility index (Phi) is 44.1. The third-order valence-corrected chi connectivity index (χ3v) is 11.5. The molecule has 0 aromatic carbocycles. The second-order valence-electron chi connectivity index (χ2n) is 17.2. The van der Waals surface area contributed by atoms with E-state index in [4.69, 9.17) is 4.74 Å². The zero-order valence-electron chi connectivity index (χ0n) is 38.2. The second-order valence-corrected chi connectivity index (χ2v) is 17.2. The van der Waals surface area contributed by atoms with Crippen molar-refractivity contribution in [2.24, 2.45) is 0 Å². The lowest BCUT2D eigenvalue weighted by atomic mass is 10.0. The summed E-state index contributed by atoms with van der Waals surface area (Å²) in [6.07, 6.45) is 51.0. The minimum Gasteiger partial charge on any atom is -0.462 e. The standard InChI is InChI=1S/C51H97NO5/c1-4-7-10-13-16-19-21-23-24-25-26-27-28-31-33-36-39-42-47(57-51(56)44-41-38-35-32-29-22-20-17-14-11-8-5-2)45-50(55)52-48(46-53)49(54)43-40-37-34-30-18-15-12-9-6-3/h17,20,23-24,47-49,53-54H,4-16,18-19,21-22,25-46H2,1-3H3,(H,52,55)/b20-17-,24-23+. The van der Waals surface area contributed by atoms with E-state index < -0.39 is 18.2 Å². The highest BCUT2D eigenvalue weighted by Gasteiger charge is 2.24. The first-order valence-electron chi connectivity index (χ1n) is 25.1. The van der Waals surface area contributed by atoms with Gasteiger partial charge in [0, 0.05) is 6.42 Å². The van der Waals surface area contributed by atoms with Gasteiger partial charge in [-0.25, -0.2) is 0 Å². The predicted molar refractivity (Wildman–Crippen MR) is 246 cm³/mol. The number of carbonyl (C=O) groups is 2. The van der Waals surface area contributed by atoms with E-state index in [1.165, 1.54) is 154 Å². The summed E-state index contributed by atoms with van der Waals surface area (Å²) in [5.74, 6) is -0.480. The van der Waals surface area contributed by atoms with Crippen molar-refractivity contribution in [3.05, 3.63) is 24.3 Å². The van der Waals surface area contributed by atoms with E-state index in [1.54, 1.807) is 0 Å². The number of unbranched alkanes of at least 4 members (excludes halogenated alkanes) is 29. The van der Waals surface area contributed by atoms with Crippen LogP contribution < -0.4 is 5.32 Å². The number of carbonyl (C=O) groups excluding carboxylic acids is 2. The number of rotatable bonds is 45. The van der Waals surface area contributed by atoms with Gasteiger partial charge in [-0.3, -0.25) is 9.59 Å². The van der Waals surface area contributed by atoms with Gasteiger partial charge in [0.05, 0.1) is 25.2 Å². The van der Waals surface area contributed by atoms with Crippen LogP contribution in [0.4, 0.5) is 0 Å². The van der Waals surface area contributed by atoms with Gasteiger partial charge < -0.3 is 20.3 Å². The van der Waals surface area contributed by atoms with Gasteiger partial charge in [0.15, 0.2) is 0 Å². The van der Waals surface area contributed by atoms with Crippen LogP contribution in [0.15, 0.2) is 24.3 Å². The molecule has 336 valence electrons.